The number of nitrogens with one attached hydrogen (secondary N) is 2. The third-order valence-electron chi connectivity index (χ3n) is 5.40. The zero-order chi connectivity index (χ0) is 19.3. The molecule has 0 unspecified atom stereocenters. The molecule has 1 saturated carbocycles. The molecule has 1 aliphatic carbocycles. The van der Waals surface area contributed by atoms with E-state index in [0.29, 0.717) is 18.7 Å². The van der Waals surface area contributed by atoms with Crippen LogP contribution in [0.5, 0.6) is 0 Å². The number of carbonyl (C=O) groups is 2. The van der Waals surface area contributed by atoms with E-state index in [1.54, 1.807) is 6.07 Å². The van der Waals surface area contributed by atoms with E-state index in [4.69, 9.17) is 0 Å². The van der Waals surface area contributed by atoms with E-state index in [2.05, 4.69) is 38.7 Å². The van der Waals surface area contributed by atoms with Crippen LogP contribution in [0.2, 0.25) is 0 Å². The Kier molecular flexibility index (Phi) is 6.32. The molecule has 0 bridgehead atoms. The Hall–Kier alpha value is -2.14. The number of rotatable bonds is 7. The first-order chi connectivity index (χ1) is 13.0. The van der Waals surface area contributed by atoms with Crippen molar-refractivity contribution in [1.29, 1.82) is 0 Å². The van der Waals surface area contributed by atoms with Gasteiger partial charge in [0.15, 0.2) is 0 Å². The van der Waals surface area contributed by atoms with Gasteiger partial charge in [0.05, 0.1) is 0 Å². The van der Waals surface area contributed by atoms with Crippen LogP contribution in [0.1, 0.15) is 47.2 Å². The van der Waals surface area contributed by atoms with Crippen molar-refractivity contribution in [2.45, 2.75) is 38.0 Å². The summed E-state index contributed by atoms with van der Waals surface area (Å²) in [5.41, 5.74) is 2.90. The highest BCUT2D eigenvalue weighted by Gasteiger charge is 2.38. The summed E-state index contributed by atoms with van der Waals surface area (Å²) in [5.74, 6) is -0.160. The first-order valence-corrected chi connectivity index (χ1v) is 10.2. The van der Waals surface area contributed by atoms with E-state index in [1.165, 1.54) is 12.0 Å². The molecular formula is C22H25BrN2O2. The SMILES string of the molecule is Cc1ccccc1C(=O)NCCC(=O)NCC1(c2cccc(Br)c2)CCC1. The molecule has 1 fully saturated rings. The molecule has 3 rings (SSSR count). The highest BCUT2D eigenvalue weighted by atomic mass is 79.9. The van der Waals surface area contributed by atoms with Crippen LogP contribution in [0.15, 0.2) is 53.0 Å². The molecule has 0 heterocycles. The maximum Gasteiger partial charge on any atom is 0.251 e. The van der Waals surface area contributed by atoms with Gasteiger partial charge in [0.2, 0.25) is 5.91 Å². The van der Waals surface area contributed by atoms with Crippen molar-refractivity contribution < 1.29 is 9.59 Å². The summed E-state index contributed by atoms with van der Waals surface area (Å²) >= 11 is 3.53. The highest BCUT2D eigenvalue weighted by Crippen LogP contribution is 2.43. The maximum absolute atomic E-state index is 12.2. The van der Waals surface area contributed by atoms with Crippen LogP contribution in [0, 0.1) is 6.92 Å². The molecule has 27 heavy (non-hydrogen) atoms. The summed E-state index contributed by atoms with van der Waals surface area (Å²) < 4.78 is 1.07. The number of hydrogen-bond acceptors (Lipinski definition) is 2. The molecule has 2 amide bonds. The van der Waals surface area contributed by atoms with Crippen LogP contribution in [0.4, 0.5) is 0 Å². The molecule has 2 aromatic carbocycles. The van der Waals surface area contributed by atoms with E-state index < -0.39 is 0 Å². The molecule has 4 nitrogen and oxygen atoms in total. The Balaban J connectivity index is 1.47. The number of carbonyl (C=O) groups excluding carboxylic acids is 2. The zero-order valence-corrected chi connectivity index (χ0v) is 17.1. The monoisotopic (exact) mass is 428 g/mol. The second-order valence-electron chi connectivity index (χ2n) is 7.24. The third kappa shape index (κ3) is 4.78. The molecule has 0 aliphatic heterocycles. The Morgan fingerprint density at radius 2 is 1.85 bits per heavy atom. The van der Waals surface area contributed by atoms with Gasteiger partial charge < -0.3 is 10.6 Å². The standard InChI is InChI=1S/C22H25BrN2O2/c1-16-6-2-3-9-19(16)21(27)24-13-10-20(26)25-15-22(11-5-12-22)17-7-4-8-18(23)14-17/h2-4,6-9,14H,5,10-13,15H2,1H3,(H,24,27)(H,25,26). The molecule has 0 radical (unpaired) electrons. The molecule has 142 valence electrons. The molecule has 0 saturated heterocycles. The summed E-state index contributed by atoms with van der Waals surface area (Å²) in [6.45, 7) is 2.89. The van der Waals surface area contributed by atoms with Crippen molar-refractivity contribution in [3.8, 4) is 0 Å². The van der Waals surface area contributed by atoms with E-state index in [-0.39, 0.29) is 23.7 Å². The predicted molar refractivity (Wildman–Crippen MR) is 111 cm³/mol. The minimum absolute atomic E-state index is 0.0265. The summed E-state index contributed by atoms with van der Waals surface area (Å²) in [6.07, 6.45) is 3.66. The fourth-order valence-corrected chi connectivity index (χ4v) is 3.96. The van der Waals surface area contributed by atoms with Gasteiger partial charge in [-0.2, -0.15) is 0 Å². The Morgan fingerprint density at radius 3 is 2.52 bits per heavy atom. The molecule has 5 heteroatoms. The van der Waals surface area contributed by atoms with Crippen LogP contribution in [-0.2, 0) is 10.2 Å². The van der Waals surface area contributed by atoms with Gasteiger partial charge in [-0.1, -0.05) is 52.7 Å². The number of halogens is 1. The van der Waals surface area contributed by atoms with Gasteiger partial charge in [-0.3, -0.25) is 9.59 Å². The molecule has 2 N–H and O–H groups in total. The molecule has 0 spiro atoms. The lowest BCUT2D eigenvalue weighted by Crippen LogP contribution is -2.46. The molecule has 2 aromatic rings. The van der Waals surface area contributed by atoms with Gasteiger partial charge in [-0.05, 0) is 49.1 Å². The van der Waals surface area contributed by atoms with Crippen LogP contribution in [0.3, 0.4) is 0 Å². The van der Waals surface area contributed by atoms with Crippen molar-refractivity contribution in [1.82, 2.24) is 10.6 Å². The minimum atomic E-state index is -0.134. The normalized spacial score (nSPS) is 14.9. The van der Waals surface area contributed by atoms with Gasteiger partial charge in [0, 0.05) is 35.0 Å². The summed E-state index contributed by atoms with van der Waals surface area (Å²) in [5, 5.41) is 5.89. The number of aryl methyl sites for hydroxylation is 1. The second kappa shape index (κ2) is 8.70. The lowest BCUT2D eigenvalue weighted by Gasteiger charge is -2.42. The maximum atomic E-state index is 12.2. The Labute approximate surface area is 168 Å². The lowest BCUT2D eigenvalue weighted by molar-refractivity contribution is -0.121. The quantitative estimate of drug-likeness (QED) is 0.696. The summed E-state index contributed by atoms with van der Waals surface area (Å²) in [6, 6.07) is 15.8. The topological polar surface area (TPSA) is 58.2 Å². The van der Waals surface area contributed by atoms with Crippen LogP contribution in [-0.4, -0.2) is 24.9 Å². The van der Waals surface area contributed by atoms with Crippen molar-refractivity contribution in [3.05, 3.63) is 69.7 Å². The molecule has 0 aromatic heterocycles. The lowest BCUT2D eigenvalue weighted by atomic mass is 9.64. The van der Waals surface area contributed by atoms with Gasteiger partial charge in [0.1, 0.15) is 0 Å². The Bertz CT molecular complexity index is 831. The molecule has 0 atom stereocenters. The van der Waals surface area contributed by atoms with Crippen molar-refractivity contribution in [2.24, 2.45) is 0 Å². The molecule has 1 aliphatic rings. The average molecular weight is 429 g/mol. The summed E-state index contributed by atoms with van der Waals surface area (Å²) in [4.78, 5) is 24.4. The minimum Gasteiger partial charge on any atom is -0.355 e. The van der Waals surface area contributed by atoms with Gasteiger partial charge in [-0.15, -0.1) is 0 Å². The van der Waals surface area contributed by atoms with Gasteiger partial charge in [-0.25, -0.2) is 0 Å². The van der Waals surface area contributed by atoms with Crippen molar-refractivity contribution >= 4 is 27.7 Å². The van der Waals surface area contributed by atoms with Crippen molar-refractivity contribution in [2.75, 3.05) is 13.1 Å². The predicted octanol–water partition coefficient (Wildman–Crippen LogP) is 4.12. The molecular weight excluding hydrogens is 404 g/mol. The fourth-order valence-electron chi connectivity index (χ4n) is 3.56. The van der Waals surface area contributed by atoms with E-state index >= 15 is 0 Å². The highest BCUT2D eigenvalue weighted by molar-refractivity contribution is 9.10. The summed E-state index contributed by atoms with van der Waals surface area (Å²) in [7, 11) is 0. The smallest absolute Gasteiger partial charge is 0.251 e. The van der Waals surface area contributed by atoms with Gasteiger partial charge >= 0.3 is 0 Å². The van der Waals surface area contributed by atoms with Crippen molar-refractivity contribution in [3.63, 3.8) is 0 Å². The fraction of sp³-hybridized carbons (Fsp3) is 0.364. The first kappa shape index (κ1) is 19.6. The number of amides is 2. The Morgan fingerprint density at radius 1 is 1.07 bits per heavy atom. The second-order valence-corrected chi connectivity index (χ2v) is 8.16. The first-order valence-electron chi connectivity index (χ1n) is 9.37. The van der Waals surface area contributed by atoms with E-state index in [0.717, 1.165) is 22.9 Å². The van der Waals surface area contributed by atoms with Crippen LogP contribution >= 0.6 is 15.9 Å². The number of hydrogen-bond donors (Lipinski definition) is 2. The zero-order valence-electron chi connectivity index (χ0n) is 15.6. The van der Waals surface area contributed by atoms with E-state index in [9.17, 15) is 9.59 Å². The largest absolute Gasteiger partial charge is 0.355 e. The number of benzene rings is 2. The van der Waals surface area contributed by atoms with Crippen LogP contribution in [0.25, 0.3) is 0 Å². The van der Waals surface area contributed by atoms with Gasteiger partial charge in [0.25, 0.3) is 5.91 Å². The third-order valence-corrected chi connectivity index (χ3v) is 5.89. The van der Waals surface area contributed by atoms with Crippen LogP contribution < -0.4 is 10.6 Å². The average Bonchev–Trinajstić information content (AvgIpc) is 2.61. The van der Waals surface area contributed by atoms with E-state index in [1.807, 2.05) is 37.3 Å².